The minimum absolute atomic E-state index is 0.0240. The molecular formula is C14H20N2O4. The zero-order chi connectivity index (χ0) is 15.0. The lowest BCUT2D eigenvalue weighted by molar-refractivity contribution is -0.150. The van der Waals surface area contributed by atoms with Crippen molar-refractivity contribution in [2.75, 3.05) is 27.2 Å². The predicted molar refractivity (Wildman–Crippen MR) is 73.7 cm³/mol. The highest BCUT2D eigenvalue weighted by atomic mass is 16.5. The molecule has 0 aromatic heterocycles. The van der Waals surface area contributed by atoms with Gasteiger partial charge in [0, 0.05) is 6.54 Å². The monoisotopic (exact) mass is 280 g/mol. The normalized spacial score (nSPS) is 12.0. The molecule has 20 heavy (non-hydrogen) atoms. The molecular weight excluding hydrogens is 260 g/mol. The van der Waals surface area contributed by atoms with Crippen molar-refractivity contribution in [1.82, 2.24) is 4.90 Å². The quantitative estimate of drug-likeness (QED) is 0.717. The van der Waals surface area contributed by atoms with E-state index >= 15 is 0 Å². The zero-order valence-corrected chi connectivity index (χ0v) is 11.7. The van der Waals surface area contributed by atoms with Crippen LogP contribution in [0.15, 0.2) is 30.3 Å². The number of hydrogen-bond acceptors (Lipinski definition) is 6. The molecule has 0 saturated carbocycles. The van der Waals surface area contributed by atoms with E-state index in [1.807, 2.05) is 30.3 Å². The van der Waals surface area contributed by atoms with Crippen molar-refractivity contribution in [2.24, 2.45) is 5.73 Å². The lowest BCUT2D eigenvalue weighted by Gasteiger charge is -2.23. The number of benzene rings is 1. The highest BCUT2D eigenvalue weighted by molar-refractivity contribution is 5.77. The molecule has 0 aliphatic heterocycles. The second-order valence-electron chi connectivity index (χ2n) is 4.34. The highest BCUT2D eigenvalue weighted by Crippen LogP contribution is 2.02. The second kappa shape index (κ2) is 8.29. The Labute approximate surface area is 118 Å². The summed E-state index contributed by atoms with van der Waals surface area (Å²) in [7, 11) is 2.91. The lowest BCUT2D eigenvalue weighted by atomic mass is 10.2. The number of nitrogens with two attached hydrogens (primary N) is 1. The van der Waals surface area contributed by atoms with E-state index in [4.69, 9.17) is 10.5 Å². The molecule has 1 aromatic carbocycles. The number of esters is 2. The van der Waals surface area contributed by atoms with Gasteiger partial charge < -0.3 is 15.2 Å². The van der Waals surface area contributed by atoms with Gasteiger partial charge in [-0.1, -0.05) is 30.3 Å². The fraction of sp³-hybridized carbons (Fsp3) is 0.429. The third kappa shape index (κ3) is 4.99. The van der Waals surface area contributed by atoms with Crippen LogP contribution in [-0.2, 0) is 25.7 Å². The molecule has 0 saturated heterocycles. The number of nitrogens with zero attached hydrogens (tertiary/aromatic N) is 1. The van der Waals surface area contributed by atoms with Crippen molar-refractivity contribution >= 4 is 11.9 Å². The summed E-state index contributed by atoms with van der Waals surface area (Å²) in [5.74, 6) is -0.885. The average molecular weight is 280 g/mol. The molecule has 0 radical (unpaired) electrons. The van der Waals surface area contributed by atoms with Crippen LogP contribution in [0.2, 0.25) is 0 Å². The van der Waals surface area contributed by atoms with Crippen LogP contribution in [0.25, 0.3) is 0 Å². The summed E-state index contributed by atoms with van der Waals surface area (Å²) >= 11 is 0. The molecule has 6 heteroatoms. The molecule has 0 unspecified atom stereocenters. The van der Waals surface area contributed by atoms with E-state index in [0.29, 0.717) is 0 Å². The molecule has 110 valence electrons. The minimum atomic E-state index is -0.649. The molecule has 0 heterocycles. The van der Waals surface area contributed by atoms with Gasteiger partial charge in [-0.05, 0) is 12.6 Å². The summed E-state index contributed by atoms with van der Waals surface area (Å²) in [6.07, 6.45) is 0. The largest absolute Gasteiger partial charge is 0.468 e. The fourth-order valence-electron chi connectivity index (χ4n) is 1.69. The van der Waals surface area contributed by atoms with E-state index in [2.05, 4.69) is 4.74 Å². The summed E-state index contributed by atoms with van der Waals surface area (Å²) in [6.45, 7) is 0.262. The van der Waals surface area contributed by atoms with Crippen molar-refractivity contribution in [3.8, 4) is 0 Å². The fourth-order valence-corrected chi connectivity index (χ4v) is 1.69. The van der Waals surface area contributed by atoms with Crippen LogP contribution in [0.4, 0.5) is 0 Å². The first kappa shape index (κ1) is 16.1. The van der Waals surface area contributed by atoms with Crippen molar-refractivity contribution in [2.45, 2.75) is 12.6 Å². The maximum atomic E-state index is 11.7. The van der Waals surface area contributed by atoms with E-state index in [-0.39, 0.29) is 19.7 Å². The highest BCUT2D eigenvalue weighted by Gasteiger charge is 2.24. The van der Waals surface area contributed by atoms with Crippen molar-refractivity contribution < 1.29 is 19.1 Å². The van der Waals surface area contributed by atoms with Gasteiger partial charge in [0.1, 0.15) is 12.6 Å². The summed E-state index contributed by atoms with van der Waals surface area (Å²) in [4.78, 5) is 24.7. The van der Waals surface area contributed by atoms with E-state index < -0.39 is 18.0 Å². The van der Waals surface area contributed by atoms with Crippen molar-refractivity contribution in [3.63, 3.8) is 0 Å². The standard InChI is InChI=1S/C14H20N2O4/c1-16(12(8-15)14(18)19-2)9-13(17)20-10-11-6-4-3-5-7-11/h3-7,12H,8-10,15H2,1-2H3/t12-/m1/s1. The molecule has 1 atom stereocenters. The van der Waals surface area contributed by atoms with Crippen molar-refractivity contribution in [3.05, 3.63) is 35.9 Å². The van der Waals surface area contributed by atoms with Crippen LogP contribution in [0.3, 0.4) is 0 Å². The van der Waals surface area contributed by atoms with E-state index in [0.717, 1.165) is 5.56 Å². The van der Waals surface area contributed by atoms with Crippen LogP contribution in [0, 0.1) is 0 Å². The van der Waals surface area contributed by atoms with Gasteiger partial charge in [0.15, 0.2) is 0 Å². The van der Waals surface area contributed by atoms with Crippen molar-refractivity contribution in [1.29, 1.82) is 0 Å². The van der Waals surface area contributed by atoms with Crippen LogP contribution < -0.4 is 5.73 Å². The number of ether oxygens (including phenoxy) is 2. The second-order valence-corrected chi connectivity index (χ2v) is 4.34. The average Bonchev–Trinajstić information content (AvgIpc) is 2.46. The molecule has 0 amide bonds. The zero-order valence-electron chi connectivity index (χ0n) is 11.7. The van der Waals surface area contributed by atoms with E-state index in [1.165, 1.54) is 12.0 Å². The first-order chi connectivity index (χ1) is 9.58. The van der Waals surface area contributed by atoms with E-state index in [1.54, 1.807) is 7.05 Å². The maximum absolute atomic E-state index is 11.7. The van der Waals surface area contributed by atoms with Crippen LogP contribution in [0.1, 0.15) is 5.56 Å². The topological polar surface area (TPSA) is 81.9 Å². The molecule has 1 aromatic rings. The first-order valence-corrected chi connectivity index (χ1v) is 6.26. The Balaban J connectivity index is 2.43. The molecule has 0 spiro atoms. The van der Waals surface area contributed by atoms with Gasteiger partial charge in [-0.3, -0.25) is 14.5 Å². The van der Waals surface area contributed by atoms with Gasteiger partial charge in [0.2, 0.25) is 0 Å². The number of likely N-dealkylation sites (N-methyl/N-ethyl adjacent to an activating group) is 1. The third-order valence-corrected chi connectivity index (χ3v) is 2.85. The Bertz CT molecular complexity index is 436. The molecule has 0 fully saturated rings. The van der Waals surface area contributed by atoms with Gasteiger partial charge in [0.25, 0.3) is 0 Å². The van der Waals surface area contributed by atoms with Crippen LogP contribution >= 0.6 is 0 Å². The summed E-state index contributed by atoms with van der Waals surface area (Å²) in [5, 5.41) is 0. The van der Waals surface area contributed by atoms with Crippen LogP contribution in [0.5, 0.6) is 0 Å². The van der Waals surface area contributed by atoms with Gasteiger partial charge in [0.05, 0.1) is 13.7 Å². The minimum Gasteiger partial charge on any atom is -0.468 e. The molecule has 0 bridgehead atoms. The van der Waals surface area contributed by atoms with Crippen LogP contribution in [-0.4, -0.2) is 50.1 Å². The third-order valence-electron chi connectivity index (χ3n) is 2.85. The summed E-state index contributed by atoms with van der Waals surface area (Å²) in [5.41, 5.74) is 6.41. The van der Waals surface area contributed by atoms with E-state index in [9.17, 15) is 9.59 Å². The van der Waals surface area contributed by atoms with Gasteiger partial charge in [-0.2, -0.15) is 0 Å². The Morgan fingerprint density at radius 3 is 2.50 bits per heavy atom. The maximum Gasteiger partial charge on any atom is 0.324 e. The Kier molecular flexibility index (Phi) is 6.69. The summed E-state index contributed by atoms with van der Waals surface area (Å²) in [6, 6.07) is 8.72. The number of carbonyl (C=O) groups is 2. The SMILES string of the molecule is COC(=O)[C@@H](CN)N(C)CC(=O)OCc1ccccc1. The molecule has 1 rings (SSSR count). The number of carbonyl (C=O) groups excluding carboxylic acids is 2. The predicted octanol–water partition coefficient (Wildman–Crippen LogP) is 0.162. The van der Waals surface area contributed by atoms with Gasteiger partial charge in [-0.25, -0.2) is 0 Å². The Hall–Kier alpha value is -1.92. The molecule has 6 nitrogen and oxygen atoms in total. The summed E-state index contributed by atoms with van der Waals surface area (Å²) < 4.78 is 9.76. The smallest absolute Gasteiger partial charge is 0.324 e. The number of rotatable bonds is 7. The van der Waals surface area contributed by atoms with Gasteiger partial charge >= 0.3 is 11.9 Å². The number of hydrogen-bond donors (Lipinski definition) is 1. The molecule has 2 N–H and O–H groups in total. The van der Waals surface area contributed by atoms with Gasteiger partial charge in [-0.15, -0.1) is 0 Å². The Morgan fingerprint density at radius 2 is 1.95 bits per heavy atom. The molecule has 0 aliphatic carbocycles. The number of methoxy groups -OCH3 is 1. The molecule has 0 aliphatic rings. The first-order valence-electron chi connectivity index (χ1n) is 6.26. The lowest BCUT2D eigenvalue weighted by Crippen LogP contribution is -2.46. The Morgan fingerprint density at radius 1 is 1.30 bits per heavy atom.